The fourth-order valence-electron chi connectivity index (χ4n) is 4.16. The zero-order valence-corrected chi connectivity index (χ0v) is 16.2. The van der Waals surface area contributed by atoms with Crippen molar-refractivity contribution in [1.29, 1.82) is 0 Å². The fraction of sp³-hybridized carbons (Fsp3) is 0.115. The monoisotopic (exact) mass is 379 g/mol. The summed E-state index contributed by atoms with van der Waals surface area (Å²) >= 11 is 0. The van der Waals surface area contributed by atoms with E-state index in [4.69, 9.17) is 4.42 Å². The Morgan fingerprint density at radius 1 is 0.828 bits per heavy atom. The first-order valence-electron chi connectivity index (χ1n) is 9.86. The summed E-state index contributed by atoms with van der Waals surface area (Å²) in [5.41, 5.74) is 2.52. The van der Waals surface area contributed by atoms with Crippen LogP contribution in [0.4, 0.5) is 0 Å². The molecule has 29 heavy (non-hydrogen) atoms. The molecule has 4 aromatic carbocycles. The molecule has 1 heterocycles. The molecule has 0 aliphatic carbocycles. The number of hydrogen-bond donors (Lipinski definition) is 1. The maximum atomic E-state index is 12.1. The van der Waals surface area contributed by atoms with Gasteiger partial charge in [0.1, 0.15) is 5.58 Å². The summed E-state index contributed by atoms with van der Waals surface area (Å²) in [6.45, 7) is 2.74. The van der Waals surface area contributed by atoms with Gasteiger partial charge in [0.05, 0.1) is 0 Å². The van der Waals surface area contributed by atoms with Gasteiger partial charge in [-0.15, -0.1) is 0 Å². The summed E-state index contributed by atoms with van der Waals surface area (Å²) in [5, 5.41) is 9.33. The van der Waals surface area contributed by atoms with E-state index in [2.05, 4.69) is 66.8 Å². The first-order chi connectivity index (χ1) is 14.2. The van der Waals surface area contributed by atoms with Crippen LogP contribution in [-0.2, 0) is 6.54 Å². The predicted octanol–water partition coefficient (Wildman–Crippen LogP) is 5.95. The van der Waals surface area contributed by atoms with Gasteiger partial charge >= 0.3 is 5.63 Å². The zero-order valence-electron chi connectivity index (χ0n) is 16.2. The standard InChI is InChI=1S/C26H21NO2/c1-17(21-12-6-9-18-7-2-4-10-22(18)21)27-16-20-15-25(28)29-24-14-13-19-8-3-5-11-23(19)26(20)24/h2-15,17,27H,16H2,1H3/t17-/m1/s1. The van der Waals surface area contributed by atoms with E-state index in [1.54, 1.807) is 6.07 Å². The van der Waals surface area contributed by atoms with Crippen LogP contribution in [0.5, 0.6) is 0 Å². The third-order valence-corrected chi connectivity index (χ3v) is 5.60. The minimum atomic E-state index is -0.317. The quantitative estimate of drug-likeness (QED) is 0.310. The molecule has 0 radical (unpaired) electrons. The molecular formula is C26H21NO2. The van der Waals surface area contributed by atoms with Gasteiger partial charge in [-0.05, 0) is 45.7 Å². The third kappa shape index (κ3) is 3.20. The van der Waals surface area contributed by atoms with Gasteiger partial charge in [0.25, 0.3) is 0 Å². The molecule has 0 aliphatic rings. The molecule has 1 aromatic heterocycles. The van der Waals surface area contributed by atoms with Crippen LogP contribution in [0.2, 0.25) is 0 Å². The van der Waals surface area contributed by atoms with Gasteiger partial charge in [0.2, 0.25) is 0 Å². The molecule has 0 fully saturated rings. The Balaban J connectivity index is 1.55. The van der Waals surface area contributed by atoms with Gasteiger partial charge in [-0.1, -0.05) is 72.8 Å². The molecule has 1 atom stereocenters. The molecular weight excluding hydrogens is 358 g/mol. The molecule has 5 aromatic rings. The Hall–Kier alpha value is -3.43. The first kappa shape index (κ1) is 17.7. The van der Waals surface area contributed by atoms with Gasteiger partial charge < -0.3 is 9.73 Å². The van der Waals surface area contributed by atoms with Crippen LogP contribution in [0.3, 0.4) is 0 Å². The topological polar surface area (TPSA) is 42.2 Å². The molecule has 0 amide bonds. The van der Waals surface area contributed by atoms with Crippen molar-refractivity contribution in [2.75, 3.05) is 0 Å². The fourth-order valence-corrected chi connectivity index (χ4v) is 4.16. The van der Waals surface area contributed by atoms with Crippen LogP contribution in [0.1, 0.15) is 24.1 Å². The van der Waals surface area contributed by atoms with E-state index in [-0.39, 0.29) is 11.7 Å². The average Bonchev–Trinajstić information content (AvgIpc) is 2.76. The number of hydrogen-bond acceptors (Lipinski definition) is 3. The lowest BCUT2D eigenvalue weighted by Crippen LogP contribution is -2.19. The number of benzene rings is 4. The summed E-state index contributed by atoms with van der Waals surface area (Å²) in [7, 11) is 0. The van der Waals surface area contributed by atoms with E-state index < -0.39 is 0 Å². The molecule has 3 nitrogen and oxygen atoms in total. The smallest absolute Gasteiger partial charge is 0.336 e. The van der Waals surface area contributed by atoms with Crippen LogP contribution in [-0.4, -0.2) is 0 Å². The van der Waals surface area contributed by atoms with Gasteiger partial charge in [0, 0.05) is 24.0 Å². The number of rotatable bonds is 4. The Labute approximate surface area is 168 Å². The largest absolute Gasteiger partial charge is 0.423 e. The van der Waals surface area contributed by atoms with Crippen molar-refractivity contribution < 1.29 is 4.42 Å². The highest BCUT2D eigenvalue weighted by atomic mass is 16.4. The van der Waals surface area contributed by atoms with Gasteiger partial charge in [-0.25, -0.2) is 4.79 Å². The maximum absolute atomic E-state index is 12.1. The predicted molar refractivity (Wildman–Crippen MR) is 119 cm³/mol. The molecule has 1 N–H and O–H groups in total. The molecule has 3 heteroatoms. The molecule has 0 saturated carbocycles. The highest BCUT2D eigenvalue weighted by Gasteiger charge is 2.13. The van der Waals surface area contributed by atoms with Gasteiger partial charge in [0.15, 0.2) is 0 Å². The van der Waals surface area contributed by atoms with Crippen LogP contribution < -0.4 is 10.9 Å². The third-order valence-electron chi connectivity index (χ3n) is 5.60. The Morgan fingerprint density at radius 3 is 2.34 bits per heavy atom. The first-order valence-corrected chi connectivity index (χ1v) is 9.86. The molecule has 142 valence electrons. The van der Waals surface area contributed by atoms with Crippen molar-refractivity contribution in [2.45, 2.75) is 19.5 Å². The maximum Gasteiger partial charge on any atom is 0.336 e. The molecule has 0 spiro atoms. The normalized spacial score (nSPS) is 12.6. The Morgan fingerprint density at radius 2 is 1.52 bits per heavy atom. The molecule has 5 rings (SSSR count). The van der Waals surface area contributed by atoms with E-state index in [9.17, 15) is 4.79 Å². The van der Waals surface area contributed by atoms with Crippen molar-refractivity contribution in [3.8, 4) is 0 Å². The van der Waals surface area contributed by atoms with Crippen molar-refractivity contribution in [1.82, 2.24) is 5.32 Å². The van der Waals surface area contributed by atoms with E-state index >= 15 is 0 Å². The lowest BCUT2D eigenvalue weighted by molar-refractivity contribution is 0.549. The van der Waals surface area contributed by atoms with Crippen LogP contribution in [0, 0.1) is 0 Å². The summed E-state index contributed by atoms with van der Waals surface area (Å²) in [6, 6.07) is 28.6. The second-order valence-corrected chi connectivity index (χ2v) is 7.42. The number of nitrogens with one attached hydrogen (secondary N) is 1. The highest BCUT2D eigenvalue weighted by Crippen LogP contribution is 2.28. The second-order valence-electron chi connectivity index (χ2n) is 7.42. The Kier molecular flexibility index (Phi) is 4.38. The average molecular weight is 379 g/mol. The summed E-state index contributed by atoms with van der Waals surface area (Å²) in [4.78, 5) is 12.1. The van der Waals surface area contributed by atoms with E-state index in [1.807, 2.05) is 24.3 Å². The molecule has 0 unspecified atom stereocenters. The van der Waals surface area contributed by atoms with Gasteiger partial charge in [-0.2, -0.15) is 0 Å². The van der Waals surface area contributed by atoms with Crippen molar-refractivity contribution in [2.24, 2.45) is 0 Å². The molecule has 0 saturated heterocycles. The Bertz CT molecular complexity index is 1400. The van der Waals surface area contributed by atoms with E-state index in [0.29, 0.717) is 12.1 Å². The zero-order chi connectivity index (χ0) is 19.8. The SMILES string of the molecule is C[C@@H](NCc1cc(=O)oc2ccc3ccccc3c12)c1cccc2ccccc12. The minimum Gasteiger partial charge on any atom is -0.423 e. The van der Waals surface area contributed by atoms with Crippen molar-refractivity contribution >= 4 is 32.5 Å². The van der Waals surface area contributed by atoms with Crippen molar-refractivity contribution in [3.63, 3.8) is 0 Å². The minimum absolute atomic E-state index is 0.137. The van der Waals surface area contributed by atoms with Crippen LogP contribution in [0.25, 0.3) is 32.5 Å². The number of fused-ring (bicyclic) bond motifs is 4. The van der Waals surface area contributed by atoms with E-state index in [1.165, 1.54) is 16.3 Å². The van der Waals surface area contributed by atoms with Gasteiger partial charge in [-0.3, -0.25) is 0 Å². The van der Waals surface area contributed by atoms with Crippen LogP contribution >= 0.6 is 0 Å². The van der Waals surface area contributed by atoms with Crippen LogP contribution in [0.15, 0.2) is 94.1 Å². The summed E-state index contributed by atoms with van der Waals surface area (Å²) in [6.07, 6.45) is 0. The van der Waals surface area contributed by atoms with Crippen molar-refractivity contribution in [3.05, 3.63) is 106 Å². The lowest BCUT2D eigenvalue weighted by Gasteiger charge is -2.17. The highest BCUT2D eigenvalue weighted by molar-refractivity contribution is 6.07. The summed E-state index contributed by atoms with van der Waals surface area (Å²) in [5.74, 6) is 0. The summed E-state index contributed by atoms with van der Waals surface area (Å²) < 4.78 is 5.48. The van der Waals surface area contributed by atoms with E-state index in [0.717, 1.165) is 21.7 Å². The molecule has 0 aliphatic heterocycles. The second kappa shape index (κ2) is 7.19. The molecule has 0 bridgehead atoms. The lowest BCUT2D eigenvalue weighted by atomic mass is 9.98.